The molecular weight excluding hydrogens is 685 g/mol. The minimum absolute atomic E-state index is 0.0637. The number of carbonyl (C=O) groups is 3. The molecule has 0 unspecified atom stereocenters. The van der Waals surface area contributed by atoms with Gasteiger partial charge in [0.1, 0.15) is 13.2 Å². The molecule has 0 rings (SSSR count). The molecule has 0 N–H and O–H groups in total. The quantitative estimate of drug-likeness (QED) is 0.0348. The van der Waals surface area contributed by atoms with Gasteiger partial charge in [-0.3, -0.25) is 14.4 Å². The van der Waals surface area contributed by atoms with Gasteiger partial charge in [0, 0.05) is 19.3 Å². The Balaban J connectivity index is 4.19. The van der Waals surface area contributed by atoms with Crippen molar-refractivity contribution in [1.82, 2.24) is 0 Å². The standard InChI is InChI=1S/C49H94O6/c1-5-7-9-11-13-14-15-16-19-22-25-29-32-36-40-47(50)53-43-46(55-49(52)42-38-34-27-12-10-8-6-2)44-54-48(51)41-37-33-30-26-23-20-17-18-21-24-28-31-35-39-45(3)4/h45-46H,5-44H2,1-4H3/t46-/m1/s1. The molecular formula is C49H94O6. The first kappa shape index (κ1) is 53.4. The van der Waals surface area contributed by atoms with Crippen LogP contribution in [0.15, 0.2) is 0 Å². The van der Waals surface area contributed by atoms with Crippen LogP contribution in [0.4, 0.5) is 0 Å². The summed E-state index contributed by atoms with van der Waals surface area (Å²) in [5.41, 5.74) is 0. The normalized spacial score (nSPS) is 11.9. The van der Waals surface area contributed by atoms with Gasteiger partial charge in [0.25, 0.3) is 0 Å². The summed E-state index contributed by atoms with van der Waals surface area (Å²) in [5, 5.41) is 0. The lowest BCUT2D eigenvalue weighted by molar-refractivity contribution is -0.167. The highest BCUT2D eigenvalue weighted by molar-refractivity contribution is 5.71. The maximum Gasteiger partial charge on any atom is 0.306 e. The number of ether oxygens (including phenoxy) is 3. The van der Waals surface area contributed by atoms with E-state index in [1.165, 1.54) is 167 Å². The Kier molecular flexibility index (Phi) is 42.3. The van der Waals surface area contributed by atoms with Gasteiger partial charge in [0.05, 0.1) is 0 Å². The van der Waals surface area contributed by atoms with Crippen LogP contribution in [0.3, 0.4) is 0 Å². The van der Waals surface area contributed by atoms with E-state index in [2.05, 4.69) is 27.7 Å². The molecule has 0 amide bonds. The van der Waals surface area contributed by atoms with Gasteiger partial charge >= 0.3 is 17.9 Å². The zero-order valence-corrected chi connectivity index (χ0v) is 37.4. The Morgan fingerprint density at radius 3 is 0.891 bits per heavy atom. The van der Waals surface area contributed by atoms with E-state index in [-0.39, 0.29) is 31.1 Å². The first-order valence-corrected chi connectivity index (χ1v) is 24.4. The number of hydrogen-bond donors (Lipinski definition) is 0. The maximum absolute atomic E-state index is 12.6. The predicted octanol–water partition coefficient (Wildman–Crippen LogP) is 15.5. The van der Waals surface area contributed by atoms with Crippen molar-refractivity contribution < 1.29 is 28.6 Å². The second kappa shape index (κ2) is 43.5. The van der Waals surface area contributed by atoms with Crippen LogP contribution in [0, 0.1) is 5.92 Å². The molecule has 6 heteroatoms. The van der Waals surface area contributed by atoms with Crippen molar-refractivity contribution >= 4 is 17.9 Å². The number of esters is 3. The summed E-state index contributed by atoms with van der Waals surface area (Å²) in [6, 6.07) is 0. The first-order valence-electron chi connectivity index (χ1n) is 24.4. The minimum atomic E-state index is -0.758. The van der Waals surface area contributed by atoms with Crippen LogP contribution in [-0.2, 0) is 28.6 Å². The highest BCUT2D eigenvalue weighted by Crippen LogP contribution is 2.17. The molecule has 0 radical (unpaired) electrons. The lowest BCUT2D eigenvalue weighted by Crippen LogP contribution is -2.30. The summed E-state index contributed by atoms with van der Waals surface area (Å²) in [6.07, 6.45) is 43.8. The number of unbranched alkanes of at least 4 members (excludes halogenated alkanes) is 31. The summed E-state index contributed by atoms with van der Waals surface area (Å²) >= 11 is 0. The fraction of sp³-hybridized carbons (Fsp3) is 0.939. The van der Waals surface area contributed by atoms with Crippen molar-refractivity contribution in [2.75, 3.05) is 13.2 Å². The number of carbonyl (C=O) groups excluding carboxylic acids is 3. The average molecular weight is 779 g/mol. The van der Waals surface area contributed by atoms with Gasteiger partial charge in [0.15, 0.2) is 6.10 Å². The monoisotopic (exact) mass is 779 g/mol. The van der Waals surface area contributed by atoms with Gasteiger partial charge in [-0.2, -0.15) is 0 Å². The SMILES string of the molecule is CCCCCCCCCCCCCCCCC(=O)OC[C@H](COC(=O)CCCCCCCCCCCCCCCC(C)C)OC(=O)CCCCCCCCC. The van der Waals surface area contributed by atoms with Crippen molar-refractivity contribution in [2.24, 2.45) is 5.92 Å². The van der Waals surface area contributed by atoms with Crippen LogP contribution in [0.1, 0.15) is 272 Å². The Hall–Kier alpha value is -1.59. The van der Waals surface area contributed by atoms with Crippen molar-refractivity contribution in [3.05, 3.63) is 0 Å². The lowest BCUT2D eigenvalue weighted by Gasteiger charge is -2.18. The topological polar surface area (TPSA) is 78.9 Å². The van der Waals surface area contributed by atoms with E-state index in [1.807, 2.05) is 0 Å². The van der Waals surface area contributed by atoms with Crippen LogP contribution in [-0.4, -0.2) is 37.2 Å². The van der Waals surface area contributed by atoms with Crippen molar-refractivity contribution in [1.29, 1.82) is 0 Å². The van der Waals surface area contributed by atoms with Crippen molar-refractivity contribution in [2.45, 2.75) is 278 Å². The fourth-order valence-corrected chi connectivity index (χ4v) is 7.33. The average Bonchev–Trinajstić information content (AvgIpc) is 3.17. The van der Waals surface area contributed by atoms with Gasteiger partial charge < -0.3 is 14.2 Å². The molecule has 0 fully saturated rings. The molecule has 6 nitrogen and oxygen atoms in total. The van der Waals surface area contributed by atoms with Gasteiger partial charge in [0.2, 0.25) is 0 Å². The Bertz CT molecular complexity index is 826. The predicted molar refractivity (Wildman–Crippen MR) is 233 cm³/mol. The highest BCUT2D eigenvalue weighted by Gasteiger charge is 2.19. The summed E-state index contributed by atoms with van der Waals surface area (Å²) in [4.78, 5) is 37.7. The molecule has 326 valence electrons. The lowest BCUT2D eigenvalue weighted by atomic mass is 10.0. The Morgan fingerprint density at radius 2 is 0.600 bits per heavy atom. The van der Waals surface area contributed by atoms with Crippen molar-refractivity contribution in [3.63, 3.8) is 0 Å². The molecule has 0 saturated carbocycles. The molecule has 0 heterocycles. The van der Waals surface area contributed by atoms with Gasteiger partial charge in [-0.25, -0.2) is 0 Å². The number of rotatable bonds is 44. The maximum atomic E-state index is 12.6. The molecule has 0 saturated heterocycles. The van der Waals surface area contributed by atoms with Crippen LogP contribution < -0.4 is 0 Å². The molecule has 0 aliphatic carbocycles. The smallest absolute Gasteiger partial charge is 0.306 e. The van der Waals surface area contributed by atoms with Crippen LogP contribution >= 0.6 is 0 Å². The largest absolute Gasteiger partial charge is 0.462 e. The second-order valence-electron chi connectivity index (χ2n) is 17.2. The van der Waals surface area contributed by atoms with Crippen LogP contribution in [0.25, 0.3) is 0 Å². The zero-order valence-electron chi connectivity index (χ0n) is 37.4. The van der Waals surface area contributed by atoms with E-state index in [9.17, 15) is 14.4 Å². The second-order valence-corrected chi connectivity index (χ2v) is 17.2. The summed E-state index contributed by atoms with van der Waals surface area (Å²) in [5.74, 6) is -0.0156. The van der Waals surface area contributed by atoms with Crippen LogP contribution in [0.2, 0.25) is 0 Å². The van der Waals surface area contributed by atoms with E-state index in [4.69, 9.17) is 14.2 Å². The molecule has 55 heavy (non-hydrogen) atoms. The van der Waals surface area contributed by atoms with Gasteiger partial charge in [-0.1, -0.05) is 233 Å². The van der Waals surface area contributed by atoms with Crippen molar-refractivity contribution in [3.8, 4) is 0 Å². The fourth-order valence-electron chi connectivity index (χ4n) is 7.33. The molecule has 0 aromatic carbocycles. The third kappa shape index (κ3) is 43.4. The zero-order chi connectivity index (χ0) is 40.3. The van der Waals surface area contributed by atoms with Crippen LogP contribution in [0.5, 0.6) is 0 Å². The summed E-state index contributed by atoms with van der Waals surface area (Å²) < 4.78 is 16.7. The van der Waals surface area contributed by atoms with E-state index >= 15 is 0 Å². The van der Waals surface area contributed by atoms with E-state index < -0.39 is 6.10 Å². The molecule has 0 aliphatic heterocycles. The number of hydrogen-bond acceptors (Lipinski definition) is 6. The highest BCUT2D eigenvalue weighted by atomic mass is 16.6. The summed E-state index contributed by atoms with van der Waals surface area (Å²) in [7, 11) is 0. The summed E-state index contributed by atoms with van der Waals surface area (Å²) in [6.45, 7) is 8.98. The van der Waals surface area contributed by atoms with E-state index in [1.54, 1.807) is 0 Å². The van der Waals surface area contributed by atoms with E-state index in [0.717, 1.165) is 63.7 Å². The molecule has 0 aromatic rings. The molecule has 0 spiro atoms. The molecule has 0 aromatic heterocycles. The van der Waals surface area contributed by atoms with Gasteiger partial charge in [-0.15, -0.1) is 0 Å². The molecule has 0 aliphatic rings. The third-order valence-corrected chi connectivity index (χ3v) is 11.0. The minimum Gasteiger partial charge on any atom is -0.462 e. The first-order chi connectivity index (χ1) is 26.9. The Labute approximate surface area is 342 Å². The molecule has 0 bridgehead atoms. The van der Waals surface area contributed by atoms with E-state index in [0.29, 0.717) is 19.3 Å². The molecule has 1 atom stereocenters. The third-order valence-electron chi connectivity index (χ3n) is 11.0. The Morgan fingerprint density at radius 1 is 0.345 bits per heavy atom. The van der Waals surface area contributed by atoms with Gasteiger partial charge in [-0.05, 0) is 25.2 Å².